The lowest BCUT2D eigenvalue weighted by atomic mass is 9.79. The fraction of sp³-hybridized carbons (Fsp3) is 0.292. The Hall–Kier alpha value is -3.01. The van der Waals surface area contributed by atoms with Gasteiger partial charge in [-0.05, 0) is 57.4 Å². The van der Waals surface area contributed by atoms with Gasteiger partial charge in [-0.3, -0.25) is 14.5 Å². The van der Waals surface area contributed by atoms with Crippen molar-refractivity contribution in [2.45, 2.75) is 45.4 Å². The summed E-state index contributed by atoms with van der Waals surface area (Å²) in [6.45, 7) is 8.25. The highest BCUT2D eigenvalue weighted by atomic mass is 32.1. The molecule has 2 aromatic carbocycles. The molecule has 1 saturated heterocycles. The molecule has 0 atom stereocenters. The molecule has 0 unspecified atom stereocenters. The van der Waals surface area contributed by atoms with E-state index in [0.29, 0.717) is 22.0 Å². The first-order valence-electron chi connectivity index (χ1n) is 10.8. The van der Waals surface area contributed by atoms with Gasteiger partial charge in [0.25, 0.3) is 11.8 Å². The average Bonchev–Trinajstić information content (AvgIpc) is 3.38. The molecule has 0 radical (unpaired) electrons. The number of carbonyl (C=O) groups excluding carboxylic acids is 2. The lowest BCUT2D eigenvalue weighted by molar-refractivity contribution is 0.00578. The third-order valence-corrected chi connectivity index (χ3v) is 7.22. The summed E-state index contributed by atoms with van der Waals surface area (Å²) in [5, 5.41) is 5.83. The Morgan fingerprint density at radius 3 is 2.24 bits per heavy atom. The molecular formula is C24H24BN3O4S. The highest BCUT2D eigenvalue weighted by Crippen LogP contribution is 2.36. The van der Waals surface area contributed by atoms with Crippen molar-refractivity contribution in [1.29, 1.82) is 0 Å². The summed E-state index contributed by atoms with van der Waals surface area (Å²) in [7, 11) is -0.447. The predicted molar refractivity (Wildman–Crippen MR) is 128 cm³/mol. The van der Waals surface area contributed by atoms with Crippen molar-refractivity contribution in [3.05, 3.63) is 70.7 Å². The largest absolute Gasteiger partial charge is 0.494 e. The SMILES string of the molecule is CC1(C)OB(c2cccc(Nc3nc(CN4C(=O)c5ccccc5C4=O)cs3)c2)OC1(C)C. The van der Waals surface area contributed by atoms with Crippen LogP contribution in [-0.2, 0) is 15.9 Å². The van der Waals surface area contributed by atoms with E-state index >= 15 is 0 Å². The van der Waals surface area contributed by atoms with E-state index in [1.54, 1.807) is 24.3 Å². The molecule has 1 aromatic heterocycles. The summed E-state index contributed by atoms with van der Waals surface area (Å²) in [4.78, 5) is 31.0. The number of aromatic nitrogens is 1. The molecule has 1 fully saturated rings. The van der Waals surface area contributed by atoms with Crippen LogP contribution in [0.5, 0.6) is 0 Å². The lowest BCUT2D eigenvalue weighted by Gasteiger charge is -2.32. The molecule has 2 amide bonds. The van der Waals surface area contributed by atoms with Crippen LogP contribution in [0, 0.1) is 0 Å². The van der Waals surface area contributed by atoms with Crippen LogP contribution >= 0.6 is 11.3 Å². The van der Waals surface area contributed by atoms with Gasteiger partial charge in [0.2, 0.25) is 0 Å². The highest BCUT2D eigenvalue weighted by Gasteiger charge is 2.51. The van der Waals surface area contributed by atoms with E-state index in [1.807, 2.05) is 57.3 Å². The second-order valence-corrected chi connectivity index (χ2v) is 10.1. The van der Waals surface area contributed by atoms with Crippen molar-refractivity contribution in [2.24, 2.45) is 0 Å². The Morgan fingerprint density at radius 1 is 0.970 bits per heavy atom. The van der Waals surface area contributed by atoms with Crippen LogP contribution in [0.3, 0.4) is 0 Å². The van der Waals surface area contributed by atoms with Gasteiger partial charge in [0, 0.05) is 11.1 Å². The summed E-state index contributed by atoms with van der Waals surface area (Å²) >= 11 is 1.42. The number of thiazole rings is 1. The van der Waals surface area contributed by atoms with Gasteiger partial charge in [-0.15, -0.1) is 11.3 Å². The van der Waals surface area contributed by atoms with E-state index in [1.165, 1.54) is 16.2 Å². The lowest BCUT2D eigenvalue weighted by Crippen LogP contribution is -2.41. The first kappa shape index (κ1) is 21.8. The maximum absolute atomic E-state index is 12.6. The third-order valence-electron chi connectivity index (χ3n) is 6.41. The van der Waals surface area contributed by atoms with E-state index in [2.05, 4.69) is 10.3 Å². The van der Waals surface area contributed by atoms with Crippen LogP contribution in [0.25, 0.3) is 0 Å². The van der Waals surface area contributed by atoms with Gasteiger partial charge < -0.3 is 14.6 Å². The third kappa shape index (κ3) is 3.86. The zero-order valence-corrected chi connectivity index (χ0v) is 19.7. The Bertz CT molecular complexity index is 1200. The van der Waals surface area contributed by atoms with Crippen molar-refractivity contribution in [2.75, 3.05) is 5.32 Å². The maximum Gasteiger partial charge on any atom is 0.494 e. The number of fused-ring (bicyclic) bond motifs is 1. The van der Waals surface area contributed by atoms with Crippen LogP contribution in [0.15, 0.2) is 53.9 Å². The molecule has 5 rings (SSSR count). The van der Waals surface area contributed by atoms with Gasteiger partial charge in [-0.1, -0.05) is 24.3 Å². The van der Waals surface area contributed by atoms with Gasteiger partial charge in [0.15, 0.2) is 5.13 Å². The minimum absolute atomic E-state index is 0.137. The van der Waals surface area contributed by atoms with Gasteiger partial charge in [-0.2, -0.15) is 0 Å². The molecule has 1 N–H and O–H groups in total. The number of anilines is 2. The number of imide groups is 1. The molecule has 2 aliphatic rings. The summed E-state index contributed by atoms with van der Waals surface area (Å²) < 4.78 is 12.3. The number of amides is 2. The summed E-state index contributed by atoms with van der Waals surface area (Å²) in [5.74, 6) is -0.568. The smallest absolute Gasteiger partial charge is 0.399 e. The molecule has 2 aliphatic heterocycles. The first-order valence-corrected chi connectivity index (χ1v) is 11.6. The van der Waals surface area contributed by atoms with Crippen LogP contribution in [0.2, 0.25) is 0 Å². The van der Waals surface area contributed by atoms with Gasteiger partial charge in [0.1, 0.15) is 0 Å². The van der Waals surface area contributed by atoms with Crippen molar-refractivity contribution in [3.63, 3.8) is 0 Å². The van der Waals surface area contributed by atoms with Crippen molar-refractivity contribution in [1.82, 2.24) is 9.88 Å². The standard InChI is InChI=1S/C24H24BN3O4S/c1-23(2)24(3,4)32-25(31-23)15-8-7-9-16(12-15)26-22-27-17(14-33-22)13-28-20(29)18-10-5-6-11-19(18)21(28)30/h5-12,14H,13H2,1-4H3,(H,26,27). The van der Waals surface area contributed by atoms with E-state index in [9.17, 15) is 9.59 Å². The second-order valence-electron chi connectivity index (χ2n) is 9.22. The number of nitrogens with zero attached hydrogens (tertiary/aromatic N) is 2. The summed E-state index contributed by atoms with van der Waals surface area (Å²) in [6, 6.07) is 14.7. The highest BCUT2D eigenvalue weighted by molar-refractivity contribution is 7.13. The maximum atomic E-state index is 12.6. The fourth-order valence-corrected chi connectivity index (χ4v) is 4.57. The number of hydrogen-bond donors (Lipinski definition) is 1. The normalized spacial score (nSPS) is 18.7. The Morgan fingerprint density at radius 2 is 1.61 bits per heavy atom. The molecule has 0 bridgehead atoms. The molecule has 7 nitrogen and oxygen atoms in total. The molecule has 0 saturated carbocycles. The van der Waals surface area contributed by atoms with Gasteiger partial charge >= 0.3 is 7.12 Å². The number of carbonyl (C=O) groups is 2. The van der Waals surface area contributed by atoms with Gasteiger partial charge in [-0.25, -0.2) is 4.98 Å². The zero-order valence-electron chi connectivity index (χ0n) is 18.9. The molecule has 3 aromatic rings. The number of hydrogen-bond acceptors (Lipinski definition) is 7. The molecule has 168 valence electrons. The second kappa shape index (κ2) is 7.79. The van der Waals surface area contributed by atoms with Crippen LogP contribution < -0.4 is 10.8 Å². The Kier molecular flexibility index (Phi) is 5.15. The monoisotopic (exact) mass is 461 g/mol. The molecule has 3 heterocycles. The average molecular weight is 461 g/mol. The van der Waals surface area contributed by atoms with E-state index in [-0.39, 0.29) is 18.4 Å². The first-order chi connectivity index (χ1) is 15.6. The van der Waals surface area contributed by atoms with E-state index < -0.39 is 18.3 Å². The number of nitrogens with one attached hydrogen (secondary N) is 1. The van der Waals surface area contributed by atoms with Crippen LogP contribution in [-0.4, -0.2) is 40.0 Å². The van der Waals surface area contributed by atoms with Crippen molar-refractivity contribution in [3.8, 4) is 0 Å². The van der Waals surface area contributed by atoms with Crippen LogP contribution in [0.1, 0.15) is 54.1 Å². The van der Waals surface area contributed by atoms with Crippen LogP contribution in [0.4, 0.5) is 10.8 Å². The quantitative estimate of drug-likeness (QED) is 0.457. The van der Waals surface area contributed by atoms with E-state index in [0.717, 1.165) is 11.2 Å². The Labute approximate surface area is 196 Å². The zero-order chi connectivity index (χ0) is 23.4. The molecule has 0 spiro atoms. The molecule has 0 aliphatic carbocycles. The molecule has 33 heavy (non-hydrogen) atoms. The Balaban J connectivity index is 1.28. The topological polar surface area (TPSA) is 80.8 Å². The number of rotatable bonds is 5. The van der Waals surface area contributed by atoms with Gasteiger partial charge in [0.05, 0.1) is 34.6 Å². The predicted octanol–water partition coefficient (Wildman–Crippen LogP) is 3.98. The fourth-order valence-electron chi connectivity index (χ4n) is 3.85. The summed E-state index contributed by atoms with van der Waals surface area (Å²) in [6.07, 6.45) is 0. The van der Waals surface area contributed by atoms with E-state index in [4.69, 9.17) is 9.31 Å². The molecular weight excluding hydrogens is 437 g/mol. The number of benzene rings is 2. The van der Waals surface area contributed by atoms with Crippen molar-refractivity contribution >= 4 is 46.6 Å². The molecule has 9 heteroatoms. The minimum atomic E-state index is -0.447. The van der Waals surface area contributed by atoms with Crippen molar-refractivity contribution < 1.29 is 18.9 Å². The minimum Gasteiger partial charge on any atom is -0.399 e. The summed E-state index contributed by atoms with van der Waals surface area (Å²) in [5.41, 5.74) is 2.49.